The molecular weight excluding hydrogens is 216 g/mol. The summed E-state index contributed by atoms with van der Waals surface area (Å²) < 4.78 is 0. The molecule has 86 valence electrons. The lowest BCUT2D eigenvalue weighted by Crippen LogP contribution is -2.29. The van der Waals surface area contributed by atoms with E-state index in [1.165, 1.54) is 37.9 Å². The summed E-state index contributed by atoms with van der Waals surface area (Å²) in [5.74, 6) is 0. The van der Waals surface area contributed by atoms with E-state index in [-0.39, 0.29) is 0 Å². The average molecular weight is 234 g/mol. The van der Waals surface area contributed by atoms with Gasteiger partial charge in [-0.05, 0) is 31.5 Å². The van der Waals surface area contributed by atoms with Crippen LogP contribution in [0.1, 0.15) is 30.4 Å². The normalized spacial score (nSPS) is 17.2. The van der Waals surface area contributed by atoms with Crippen LogP contribution in [0, 0.1) is 0 Å². The first kappa shape index (κ1) is 11.6. The Morgan fingerprint density at radius 3 is 2.31 bits per heavy atom. The van der Waals surface area contributed by atoms with Crippen molar-refractivity contribution in [3.63, 3.8) is 0 Å². The third-order valence-electron chi connectivity index (χ3n) is 3.09. The van der Waals surface area contributed by atoms with E-state index in [9.17, 15) is 0 Å². The second kappa shape index (κ2) is 5.41. The second-order valence-corrected chi connectivity index (χ2v) is 4.84. The van der Waals surface area contributed by atoms with Crippen molar-refractivity contribution in [1.29, 1.82) is 0 Å². The number of rotatable bonds is 3. The van der Waals surface area contributed by atoms with Crippen LogP contribution in [0.3, 0.4) is 0 Å². The molecule has 2 nitrogen and oxygen atoms in total. The summed E-state index contributed by atoms with van der Waals surface area (Å²) in [5, 5.41) is 0. The number of nitrogens with zero attached hydrogens (tertiary/aromatic N) is 1. The minimum Gasteiger partial charge on any atom is -0.389 e. The minimum absolute atomic E-state index is 0.476. The molecule has 3 heteroatoms. The van der Waals surface area contributed by atoms with Crippen LogP contribution in [0.5, 0.6) is 0 Å². The summed E-state index contributed by atoms with van der Waals surface area (Å²) in [6, 6.07) is 8.29. The molecule has 16 heavy (non-hydrogen) atoms. The van der Waals surface area contributed by atoms with Crippen molar-refractivity contribution in [3.05, 3.63) is 35.4 Å². The maximum Gasteiger partial charge on any atom is 0.103 e. The van der Waals surface area contributed by atoms with E-state index in [0.717, 1.165) is 12.1 Å². The summed E-state index contributed by atoms with van der Waals surface area (Å²) in [6.07, 6.45) is 4.06. The molecule has 0 spiro atoms. The highest BCUT2D eigenvalue weighted by atomic mass is 32.1. The first-order valence-corrected chi connectivity index (χ1v) is 6.27. The summed E-state index contributed by atoms with van der Waals surface area (Å²) in [7, 11) is 0. The fourth-order valence-corrected chi connectivity index (χ4v) is 2.29. The lowest BCUT2D eigenvalue weighted by molar-refractivity contribution is 0.221. The van der Waals surface area contributed by atoms with E-state index in [1.54, 1.807) is 0 Å². The molecule has 1 aliphatic rings. The van der Waals surface area contributed by atoms with Crippen molar-refractivity contribution in [1.82, 2.24) is 4.90 Å². The zero-order valence-corrected chi connectivity index (χ0v) is 10.3. The molecule has 0 aromatic heterocycles. The van der Waals surface area contributed by atoms with Crippen LogP contribution in [-0.4, -0.2) is 23.0 Å². The van der Waals surface area contributed by atoms with Crippen molar-refractivity contribution in [2.24, 2.45) is 5.73 Å². The number of thiocarbonyl (C=S) groups is 1. The van der Waals surface area contributed by atoms with Gasteiger partial charge in [0.2, 0.25) is 0 Å². The zero-order valence-electron chi connectivity index (χ0n) is 9.48. The van der Waals surface area contributed by atoms with Crippen LogP contribution >= 0.6 is 12.2 Å². The fourth-order valence-electron chi connectivity index (χ4n) is 2.15. The van der Waals surface area contributed by atoms with Crippen LogP contribution in [0.15, 0.2) is 24.3 Å². The van der Waals surface area contributed by atoms with Gasteiger partial charge in [-0.25, -0.2) is 0 Å². The van der Waals surface area contributed by atoms with Crippen LogP contribution < -0.4 is 5.73 Å². The van der Waals surface area contributed by atoms with Gasteiger partial charge in [0.1, 0.15) is 4.99 Å². The molecule has 0 aliphatic carbocycles. The Morgan fingerprint density at radius 2 is 1.75 bits per heavy atom. The molecule has 1 fully saturated rings. The van der Waals surface area contributed by atoms with Gasteiger partial charge >= 0.3 is 0 Å². The Hall–Kier alpha value is -0.930. The molecule has 1 aromatic rings. The lowest BCUT2D eigenvalue weighted by atomic mass is 10.1. The van der Waals surface area contributed by atoms with Gasteiger partial charge in [-0.1, -0.05) is 42.9 Å². The molecule has 2 rings (SSSR count). The number of piperidine rings is 1. The summed E-state index contributed by atoms with van der Waals surface area (Å²) >= 11 is 4.93. The van der Waals surface area contributed by atoms with Crippen LogP contribution in [0.2, 0.25) is 0 Å². The second-order valence-electron chi connectivity index (χ2n) is 4.40. The molecule has 1 aliphatic heterocycles. The van der Waals surface area contributed by atoms with Gasteiger partial charge in [-0.15, -0.1) is 0 Å². The Morgan fingerprint density at radius 1 is 1.12 bits per heavy atom. The monoisotopic (exact) mass is 234 g/mol. The van der Waals surface area contributed by atoms with Gasteiger partial charge in [-0.3, -0.25) is 4.90 Å². The molecule has 1 saturated heterocycles. The van der Waals surface area contributed by atoms with E-state index in [2.05, 4.69) is 17.0 Å². The van der Waals surface area contributed by atoms with Crippen molar-refractivity contribution in [3.8, 4) is 0 Å². The predicted molar refractivity (Wildman–Crippen MR) is 71.5 cm³/mol. The Bertz CT molecular complexity index is 353. The highest BCUT2D eigenvalue weighted by Crippen LogP contribution is 2.13. The first-order chi connectivity index (χ1) is 7.75. The third kappa shape index (κ3) is 3.03. The van der Waals surface area contributed by atoms with Crippen molar-refractivity contribution >= 4 is 17.2 Å². The molecule has 2 N–H and O–H groups in total. The minimum atomic E-state index is 0.476. The largest absolute Gasteiger partial charge is 0.389 e. The smallest absolute Gasteiger partial charge is 0.103 e. The number of likely N-dealkylation sites (tertiary alicyclic amines) is 1. The molecule has 0 atom stereocenters. The van der Waals surface area contributed by atoms with Gasteiger partial charge in [0, 0.05) is 12.1 Å². The maximum atomic E-state index is 5.57. The van der Waals surface area contributed by atoms with Gasteiger partial charge in [-0.2, -0.15) is 0 Å². The maximum absolute atomic E-state index is 5.57. The van der Waals surface area contributed by atoms with Gasteiger partial charge < -0.3 is 5.73 Å². The molecule has 0 unspecified atom stereocenters. The number of benzene rings is 1. The quantitative estimate of drug-likeness (QED) is 0.814. The standard InChI is InChI=1S/C13H18N2S/c14-13(16)12-6-4-11(5-7-12)10-15-8-2-1-3-9-15/h4-7H,1-3,8-10H2,(H2,14,16). The molecular formula is C13H18N2S. The van der Waals surface area contributed by atoms with E-state index in [0.29, 0.717) is 4.99 Å². The zero-order chi connectivity index (χ0) is 11.4. The van der Waals surface area contributed by atoms with E-state index in [1.807, 2.05) is 12.1 Å². The van der Waals surface area contributed by atoms with E-state index in [4.69, 9.17) is 18.0 Å². The highest BCUT2D eigenvalue weighted by molar-refractivity contribution is 7.80. The first-order valence-electron chi connectivity index (χ1n) is 5.87. The SMILES string of the molecule is NC(=S)c1ccc(CN2CCCCC2)cc1. The van der Waals surface area contributed by atoms with Gasteiger partial charge in [0.05, 0.1) is 0 Å². The number of nitrogens with two attached hydrogens (primary N) is 1. The van der Waals surface area contributed by atoms with E-state index < -0.39 is 0 Å². The summed E-state index contributed by atoms with van der Waals surface area (Å²) in [5.41, 5.74) is 7.87. The molecule has 0 amide bonds. The summed E-state index contributed by atoms with van der Waals surface area (Å²) in [6.45, 7) is 3.52. The van der Waals surface area contributed by atoms with Crippen LogP contribution in [0.25, 0.3) is 0 Å². The van der Waals surface area contributed by atoms with Crippen molar-refractivity contribution in [2.45, 2.75) is 25.8 Å². The molecule has 0 radical (unpaired) electrons. The molecule has 0 saturated carbocycles. The Kier molecular flexibility index (Phi) is 3.91. The summed E-state index contributed by atoms with van der Waals surface area (Å²) in [4.78, 5) is 2.99. The number of hydrogen-bond donors (Lipinski definition) is 1. The van der Waals surface area contributed by atoms with Crippen LogP contribution in [-0.2, 0) is 6.54 Å². The Balaban J connectivity index is 1.96. The van der Waals surface area contributed by atoms with E-state index >= 15 is 0 Å². The molecule has 1 aromatic carbocycles. The molecule has 0 bridgehead atoms. The van der Waals surface area contributed by atoms with Crippen molar-refractivity contribution in [2.75, 3.05) is 13.1 Å². The Labute approximate surface area is 102 Å². The molecule has 1 heterocycles. The van der Waals surface area contributed by atoms with Crippen molar-refractivity contribution < 1.29 is 0 Å². The van der Waals surface area contributed by atoms with Crippen LogP contribution in [0.4, 0.5) is 0 Å². The van der Waals surface area contributed by atoms with Gasteiger partial charge in [0.15, 0.2) is 0 Å². The third-order valence-corrected chi connectivity index (χ3v) is 3.33. The number of hydrogen-bond acceptors (Lipinski definition) is 2. The average Bonchev–Trinajstić information content (AvgIpc) is 2.31. The predicted octanol–water partition coefficient (Wildman–Crippen LogP) is 2.31. The fraction of sp³-hybridized carbons (Fsp3) is 0.462. The topological polar surface area (TPSA) is 29.3 Å². The van der Waals surface area contributed by atoms with Gasteiger partial charge in [0.25, 0.3) is 0 Å². The highest BCUT2D eigenvalue weighted by Gasteiger charge is 2.10. The lowest BCUT2D eigenvalue weighted by Gasteiger charge is -2.26.